The lowest BCUT2D eigenvalue weighted by Gasteiger charge is -2.03. The van der Waals surface area contributed by atoms with Gasteiger partial charge in [-0.15, -0.1) is 0 Å². The van der Waals surface area contributed by atoms with Gasteiger partial charge in [-0.05, 0) is 18.2 Å². The minimum absolute atomic E-state index is 0.0175. The molecule has 0 aliphatic carbocycles. The van der Waals surface area contributed by atoms with E-state index in [1.54, 1.807) is 24.3 Å². The third-order valence-corrected chi connectivity index (χ3v) is 2.94. The SMILES string of the molecule is N#Cc1cccc(N=C2OC(c3ccccc3)=CC2=O)c1. The molecule has 0 aromatic heterocycles. The normalized spacial score (nSPS) is 15.5. The van der Waals surface area contributed by atoms with Gasteiger partial charge in [0.25, 0.3) is 5.90 Å². The molecule has 0 bridgehead atoms. The van der Waals surface area contributed by atoms with Crippen LogP contribution < -0.4 is 0 Å². The van der Waals surface area contributed by atoms with Gasteiger partial charge in [-0.25, -0.2) is 4.99 Å². The number of nitrogens with zero attached hydrogens (tertiary/aromatic N) is 2. The Hall–Kier alpha value is -3.19. The summed E-state index contributed by atoms with van der Waals surface area (Å²) in [5, 5.41) is 8.86. The Labute approximate surface area is 121 Å². The second-order valence-electron chi connectivity index (χ2n) is 4.42. The van der Waals surface area contributed by atoms with Crippen LogP contribution in [-0.2, 0) is 9.53 Å². The smallest absolute Gasteiger partial charge is 0.268 e. The van der Waals surface area contributed by atoms with Crippen molar-refractivity contribution >= 4 is 23.1 Å². The van der Waals surface area contributed by atoms with E-state index < -0.39 is 0 Å². The number of nitriles is 1. The average Bonchev–Trinajstić information content (AvgIpc) is 2.89. The van der Waals surface area contributed by atoms with Crippen molar-refractivity contribution in [3.05, 3.63) is 71.8 Å². The molecule has 3 rings (SSSR count). The molecule has 0 radical (unpaired) electrons. The maximum Gasteiger partial charge on any atom is 0.268 e. The molecule has 2 aromatic rings. The largest absolute Gasteiger partial charge is 0.435 e. The van der Waals surface area contributed by atoms with E-state index in [2.05, 4.69) is 4.99 Å². The first kappa shape index (κ1) is 12.8. The maximum absolute atomic E-state index is 11.9. The van der Waals surface area contributed by atoms with Crippen molar-refractivity contribution < 1.29 is 9.53 Å². The number of hydrogen-bond donors (Lipinski definition) is 0. The standard InChI is InChI=1S/C17H10N2O2/c18-11-12-5-4-8-14(9-12)19-17-15(20)10-16(21-17)13-6-2-1-3-7-13/h1-10H. The van der Waals surface area contributed by atoms with Gasteiger partial charge in [0, 0.05) is 11.6 Å². The van der Waals surface area contributed by atoms with Gasteiger partial charge >= 0.3 is 0 Å². The number of carbonyl (C=O) groups excluding carboxylic acids is 1. The highest BCUT2D eigenvalue weighted by Crippen LogP contribution is 2.23. The summed E-state index contributed by atoms with van der Waals surface area (Å²) in [4.78, 5) is 16.1. The van der Waals surface area contributed by atoms with Crippen LogP contribution in [0, 0.1) is 11.3 Å². The molecule has 2 aromatic carbocycles. The summed E-state index contributed by atoms with van der Waals surface area (Å²) < 4.78 is 5.52. The van der Waals surface area contributed by atoms with E-state index in [0.717, 1.165) is 5.56 Å². The molecule has 4 heteroatoms. The van der Waals surface area contributed by atoms with E-state index in [9.17, 15) is 4.79 Å². The quantitative estimate of drug-likeness (QED) is 0.844. The van der Waals surface area contributed by atoms with E-state index >= 15 is 0 Å². The number of hydrogen-bond acceptors (Lipinski definition) is 4. The van der Waals surface area contributed by atoms with Gasteiger partial charge in [0.05, 0.1) is 17.3 Å². The van der Waals surface area contributed by atoms with Crippen molar-refractivity contribution in [1.82, 2.24) is 0 Å². The molecule has 1 aliphatic rings. The van der Waals surface area contributed by atoms with Gasteiger partial charge in [-0.3, -0.25) is 4.79 Å². The predicted octanol–water partition coefficient (Wildman–Crippen LogP) is 3.23. The first-order valence-corrected chi connectivity index (χ1v) is 6.34. The summed E-state index contributed by atoms with van der Waals surface area (Å²) in [5.74, 6) is 0.218. The molecule has 0 saturated heterocycles. The summed E-state index contributed by atoms with van der Waals surface area (Å²) >= 11 is 0. The first-order valence-electron chi connectivity index (χ1n) is 6.34. The molecule has 4 nitrogen and oxygen atoms in total. The highest BCUT2D eigenvalue weighted by Gasteiger charge is 2.23. The summed E-state index contributed by atoms with van der Waals surface area (Å²) in [6, 6.07) is 18.1. The maximum atomic E-state index is 11.9. The summed E-state index contributed by atoms with van der Waals surface area (Å²) in [7, 11) is 0. The van der Waals surface area contributed by atoms with Crippen LogP contribution in [0.3, 0.4) is 0 Å². The van der Waals surface area contributed by atoms with Crippen molar-refractivity contribution in [2.24, 2.45) is 4.99 Å². The molecule has 21 heavy (non-hydrogen) atoms. The number of benzene rings is 2. The Kier molecular flexibility index (Phi) is 3.32. The van der Waals surface area contributed by atoms with Crippen LogP contribution in [0.5, 0.6) is 0 Å². The average molecular weight is 274 g/mol. The van der Waals surface area contributed by atoms with Crippen LogP contribution in [0.15, 0.2) is 65.7 Å². The second-order valence-corrected chi connectivity index (χ2v) is 4.42. The van der Waals surface area contributed by atoms with Gasteiger partial charge in [0.15, 0.2) is 0 Å². The number of aliphatic imine (C=N–C) groups is 1. The van der Waals surface area contributed by atoms with Crippen LogP contribution in [0.25, 0.3) is 5.76 Å². The van der Waals surface area contributed by atoms with Gasteiger partial charge in [-0.1, -0.05) is 36.4 Å². The predicted molar refractivity (Wildman–Crippen MR) is 78.8 cm³/mol. The molecule has 1 aliphatic heterocycles. The number of rotatable bonds is 2. The van der Waals surface area contributed by atoms with Crippen molar-refractivity contribution in [3.63, 3.8) is 0 Å². The van der Waals surface area contributed by atoms with Crippen molar-refractivity contribution in [1.29, 1.82) is 5.26 Å². The topological polar surface area (TPSA) is 62.4 Å². The molecular formula is C17H10N2O2. The van der Waals surface area contributed by atoms with E-state index in [-0.39, 0.29) is 11.7 Å². The Bertz CT molecular complexity index is 799. The summed E-state index contributed by atoms with van der Waals surface area (Å²) in [6.45, 7) is 0. The molecule has 1 heterocycles. The Morgan fingerprint density at radius 2 is 1.86 bits per heavy atom. The molecule has 0 atom stereocenters. The molecule has 0 amide bonds. The molecule has 0 fully saturated rings. The second kappa shape index (κ2) is 5.43. The van der Waals surface area contributed by atoms with E-state index in [1.165, 1.54) is 6.08 Å². The lowest BCUT2D eigenvalue weighted by molar-refractivity contribution is -0.109. The monoisotopic (exact) mass is 274 g/mol. The number of carbonyl (C=O) groups is 1. The summed E-state index contributed by atoms with van der Waals surface area (Å²) in [5.41, 5.74) is 1.82. The Balaban J connectivity index is 1.88. The highest BCUT2D eigenvalue weighted by molar-refractivity contribution is 6.45. The molecule has 0 N–H and O–H groups in total. The summed E-state index contributed by atoms with van der Waals surface area (Å²) in [6.07, 6.45) is 1.42. The Morgan fingerprint density at radius 3 is 2.62 bits per heavy atom. The van der Waals surface area contributed by atoms with E-state index in [0.29, 0.717) is 17.0 Å². The van der Waals surface area contributed by atoms with Gasteiger partial charge in [0.1, 0.15) is 5.76 Å². The third-order valence-electron chi connectivity index (χ3n) is 2.94. The minimum atomic E-state index is -0.281. The van der Waals surface area contributed by atoms with Crippen LogP contribution in [-0.4, -0.2) is 11.7 Å². The zero-order valence-corrected chi connectivity index (χ0v) is 11.0. The molecule has 0 unspecified atom stereocenters. The van der Waals surface area contributed by atoms with Crippen molar-refractivity contribution in [2.75, 3.05) is 0 Å². The molecule has 0 spiro atoms. The molecular weight excluding hydrogens is 264 g/mol. The van der Waals surface area contributed by atoms with Crippen LogP contribution >= 0.6 is 0 Å². The highest BCUT2D eigenvalue weighted by atomic mass is 16.5. The fourth-order valence-electron chi connectivity index (χ4n) is 1.95. The number of ether oxygens (including phenoxy) is 1. The van der Waals surface area contributed by atoms with Crippen molar-refractivity contribution in [2.45, 2.75) is 0 Å². The fourth-order valence-corrected chi connectivity index (χ4v) is 1.95. The van der Waals surface area contributed by atoms with Gasteiger partial charge in [0.2, 0.25) is 5.78 Å². The fraction of sp³-hybridized carbons (Fsp3) is 0. The lowest BCUT2D eigenvalue weighted by atomic mass is 10.2. The van der Waals surface area contributed by atoms with Gasteiger partial charge in [-0.2, -0.15) is 5.26 Å². The van der Waals surface area contributed by atoms with Gasteiger partial charge < -0.3 is 4.74 Å². The van der Waals surface area contributed by atoms with E-state index in [4.69, 9.17) is 10.00 Å². The van der Waals surface area contributed by atoms with Crippen molar-refractivity contribution in [3.8, 4) is 6.07 Å². The van der Waals surface area contributed by atoms with E-state index in [1.807, 2.05) is 36.4 Å². The molecule has 100 valence electrons. The third kappa shape index (κ3) is 2.72. The zero-order valence-electron chi connectivity index (χ0n) is 11.0. The van der Waals surface area contributed by atoms with Crippen LogP contribution in [0.4, 0.5) is 5.69 Å². The van der Waals surface area contributed by atoms with Crippen LogP contribution in [0.1, 0.15) is 11.1 Å². The van der Waals surface area contributed by atoms with Crippen LogP contribution in [0.2, 0.25) is 0 Å². The lowest BCUT2D eigenvalue weighted by Crippen LogP contribution is -2.06. The minimum Gasteiger partial charge on any atom is -0.435 e. The zero-order chi connectivity index (χ0) is 14.7. The first-order chi connectivity index (χ1) is 10.3. The number of ketones is 1. The molecule has 0 saturated carbocycles. The Morgan fingerprint density at radius 1 is 1.05 bits per heavy atom.